The number of carboxylic acids is 1. The number of thioether (sulfide) groups is 2. The molecule has 5 heterocycles. The van der Waals surface area contributed by atoms with E-state index in [1.165, 1.54) is 46.7 Å². The van der Waals surface area contributed by atoms with Crippen LogP contribution in [0.1, 0.15) is 19.7 Å². The third-order valence-electron chi connectivity index (χ3n) is 5.81. The molecule has 1 saturated heterocycles. The number of rotatable bonds is 10. The smallest absolute Gasteiger partial charge is 0.353 e. The quantitative estimate of drug-likeness (QED) is 0.126. The molecule has 2 aliphatic heterocycles. The van der Waals surface area contributed by atoms with Crippen molar-refractivity contribution in [2.45, 2.75) is 29.6 Å². The molecule has 0 saturated carbocycles. The topological polar surface area (TPSA) is 180 Å². The zero-order valence-electron chi connectivity index (χ0n) is 22.3. The highest BCUT2D eigenvalue weighted by Gasteiger charge is 2.54. The molecule has 0 radical (unpaired) electrons. The Balaban J connectivity index is 1.31. The van der Waals surface area contributed by atoms with Gasteiger partial charge in [-0.2, -0.15) is 9.36 Å². The number of fused-ring (bicyclic) bond motifs is 1. The van der Waals surface area contributed by atoms with Crippen molar-refractivity contribution in [2.24, 2.45) is 12.2 Å². The molecule has 218 valence electrons. The van der Waals surface area contributed by atoms with Crippen LogP contribution < -0.4 is 15.2 Å². The first-order valence-electron chi connectivity index (χ1n) is 12.3. The minimum atomic E-state index is -1.25. The van der Waals surface area contributed by atoms with E-state index < -0.39 is 29.2 Å². The molecule has 14 nitrogen and oxygen atoms in total. The van der Waals surface area contributed by atoms with E-state index in [1.54, 1.807) is 6.92 Å². The monoisotopic (exact) mass is 647 g/mol. The van der Waals surface area contributed by atoms with E-state index in [-0.39, 0.29) is 34.9 Å². The first kappa shape index (κ1) is 29.6. The predicted octanol–water partition coefficient (Wildman–Crippen LogP) is 1.67. The van der Waals surface area contributed by atoms with Crippen LogP contribution in [0, 0.1) is 0 Å². The van der Waals surface area contributed by atoms with Crippen LogP contribution in [-0.2, 0) is 31.1 Å². The highest BCUT2D eigenvalue weighted by atomic mass is 32.2. The third kappa shape index (κ3) is 6.15. The van der Waals surface area contributed by atoms with E-state index in [4.69, 9.17) is 4.84 Å². The number of aliphatic carboxylic acids is 1. The number of carbonyl (C=O) groups excluding carboxylic acids is 3. The molecule has 42 heavy (non-hydrogen) atoms. The summed E-state index contributed by atoms with van der Waals surface area (Å²) in [5.74, 6) is -2.75. The van der Waals surface area contributed by atoms with Crippen molar-refractivity contribution in [1.82, 2.24) is 24.6 Å². The lowest BCUT2D eigenvalue weighted by molar-refractivity contribution is -0.671. The van der Waals surface area contributed by atoms with Crippen LogP contribution in [0.4, 0.5) is 5.13 Å². The summed E-state index contributed by atoms with van der Waals surface area (Å²) in [4.78, 5) is 65.4. The van der Waals surface area contributed by atoms with E-state index in [0.717, 1.165) is 22.8 Å². The summed E-state index contributed by atoms with van der Waals surface area (Å²) >= 11 is 4.78. The number of aromatic nitrogens is 4. The average molecular weight is 648 g/mol. The van der Waals surface area contributed by atoms with Crippen molar-refractivity contribution in [3.05, 3.63) is 46.3 Å². The van der Waals surface area contributed by atoms with Gasteiger partial charge in [0.05, 0.1) is 5.69 Å². The summed E-state index contributed by atoms with van der Waals surface area (Å²) in [6, 6.07) is 2.88. The lowest BCUT2D eigenvalue weighted by Crippen LogP contribution is -2.71. The summed E-state index contributed by atoms with van der Waals surface area (Å²) in [5.41, 5.74) is 1.29. The molecule has 3 amide bonds. The van der Waals surface area contributed by atoms with Gasteiger partial charge in [-0.15, -0.1) is 23.1 Å². The van der Waals surface area contributed by atoms with Gasteiger partial charge < -0.3 is 20.6 Å². The second-order valence-corrected chi connectivity index (χ2v) is 12.8. The maximum absolute atomic E-state index is 13.2. The molecule has 1 fully saturated rings. The fourth-order valence-electron chi connectivity index (χ4n) is 3.93. The summed E-state index contributed by atoms with van der Waals surface area (Å²) < 4.78 is 6.62. The van der Waals surface area contributed by atoms with Gasteiger partial charge in [0.1, 0.15) is 30.8 Å². The van der Waals surface area contributed by atoms with Gasteiger partial charge in [0.2, 0.25) is 22.6 Å². The number of thiazole rings is 1. The molecule has 0 aliphatic carbocycles. The molecule has 3 aromatic rings. The molecule has 2 aliphatic rings. The first-order valence-corrected chi connectivity index (χ1v) is 15.8. The Bertz CT molecular complexity index is 1620. The maximum Gasteiger partial charge on any atom is 0.353 e. The van der Waals surface area contributed by atoms with Crippen LogP contribution in [0.3, 0.4) is 0 Å². The lowest BCUT2D eigenvalue weighted by atomic mass is 10.0. The number of oxime groups is 1. The second-order valence-electron chi connectivity index (χ2n) is 8.75. The maximum atomic E-state index is 13.2. The summed E-state index contributed by atoms with van der Waals surface area (Å²) in [6.07, 6.45) is 3.83. The zero-order valence-corrected chi connectivity index (χ0v) is 25.5. The number of pyridine rings is 1. The minimum Gasteiger partial charge on any atom is -0.477 e. The van der Waals surface area contributed by atoms with E-state index in [1.807, 2.05) is 41.5 Å². The average Bonchev–Trinajstić information content (AvgIpc) is 3.61. The number of nitrogens with one attached hydrogen (secondary N) is 2. The fraction of sp³-hybridized carbons (Fsp3) is 0.292. The number of nitrogens with zero attached hydrogens (tertiary/aromatic N) is 6. The largest absolute Gasteiger partial charge is 0.477 e. The third-order valence-corrected chi connectivity index (χ3v) is 9.93. The number of hydrogen-bond acceptors (Lipinski definition) is 13. The molecule has 3 N–H and O–H groups in total. The molecule has 18 heteroatoms. The van der Waals surface area contributed by atoms with Gasteiger partial charge in [0, 0.05) is 52.2 Å². The van der Waals surface area contributed by atoms with Crippen molar-refractivity contribution >= 4 is 80.9 Å². The van der Waals surface area contributed by atoms with Gasteiger partial charge in [0.15, 0.2) is 16.7 Å². The first-order chi connectivity index (χ1) is 20.2. The van der Waals surface area contributed by atoms with Crippen LogP contribution in [0.2, 0.25) is 0 Å². The number of carboxylic acid groups (broad SMARTS) is 1. The number of carbonyl (C=O) groups is 4. The SMILES string of the molecule is CCON=C(C(=O)NC1C(=O)N2C(C(=O)O)=C(Sc3nc(-c4cc[n+](C)cc4)cs3)CSC12)c1nsc(NC(C)=O)n1. The number of β-lactam (4-membered cyclic amide) rings is 1. The van der Waals surface area contributed by atoms with Gasteiger partial charge in [-0.25, -0.2) is 14.3 Å². The Morgan fingerprint density at radius 1 is 1.29 bits per heavy atom. The molecule has 2 atom stereocenters. The summed E-state index contributed by atoms with van der Waals surface area (Å²) in [6.45, 7) is 3.14. The van der Waals surface area contributed by atoms with E-state index >= 15 is 0 Å². The Morgan fingerprint density at radius 3 is 2.74 bits per heavy atom. The van der Waals surface area contributed by atoms with Crippen molar-refractivity contribution in [1.29, 1.82) is 0 Å². The van der Waals surface area contributed by atoms with Crippen molar-refractivity contribution in [2.75, 3.05) is 17.7 Å². The summed E-state index contributed by atoms with van der Waals surface area (Å²) in [7, 11) is 1.92. The Hall–Kier alpha value is -3.87. The minimum absolute atomic E-state index is 0.0911. The van der Waals surface area contributed by atoms with Gasteiger partial charge >= 0.3 is 5.97 Å². The highest BCUT2D eigenvalue weighted by Crippen LogP contribution is 2.46. The number of aryl methyl sites for hydroxylation is 1. The molecule has 2 unspecified atom stereocenters. The zero-order chi connectivity index (χ0) is 30.0. The van der Waals surface area contributed by atoms with Crippen LogP contribution in [0.5, 0.6) is 0 Å². The van der Waals surface area contributed by atoms with Crippen molar-refractivity contribution in [3.8, 4) is 11.3 Å². The predicted molar refractivity (Wildman–Crippen MR) is 157 cm³/mol. The molecule has 0 bridgehead atoms. The molecule has 3 aromatic heterocycles. The standard InChI is InChI=1S/C24H22N8O6S4/c1-4-38-29-15(18-28-23(42-30-18)25-11(2)33)19(34)27-16-20(35)32-17(22(36)37)14(10-39-21(16)32)41-24-26-13(9-40-24)12-5-7-31(3)8-6-12/h5-9,16,21H,4,10H2,1-3H3,(H2-,25,27,28,30,33,34,36,37)/p+1. The van der Waals surface area contributed by atoms with E-state index in [9.17, 15) is 24.3 Å². The van der Waals surface area contributed by atoms with Crippen molar-refractivity contribution in [3.63, 3.8) is 0 Å². The Kier molecular flexibility index (Phi) is 8.85. The van der Waals surface area contributed by atoms with Gasteiger partial charge in [0.25, 0.3) is 11.8 Å². The second kappa shape index (κ2) is 12.6. The van der Waals surface area contributed by atoms with E-state index in [2.05, 4.69) is 30.1 Å². The molecule has 5 rings (SSSR count). The normalized spacial score (nSPS) is 18.3. The van der Waals surface area contributed by atoms with Gasteiger partial charge in [-0.1, -0.05) is 16.9 Å². The van der Waals surface area contributed by atoms with Gasteiger partial charge in [-0.05, 0) is 6.92 Å². The molecule has 0 aromatic carbocycles. The van der Waals surface area contributed by atoms with Crippen LogP contribution >= 0.6 is 46.4 Å². The number of anilines is 1. The van der Waals surface area contributed by atoms with E-state index in [0.29, 0.717) is 15.0 Å². The van der Waals surface area contributed by atoms with Crippen LogP contribution in [0.25, 0.3) is 11.3 Å². The molecule has 0 spiro atoms. The highest BCUT2D eigenvalue weighted by molar-refractivity contribution is 8.07. The van der Waals surface area contributed by atoms with Gasteiger partial charge in [-0.3, -0.25) is 19.3 Å². The lowest BCUT2D eigenvalue weighted by Gasteiger charge is -2.49. The Labute approximate surface area is 255 Å². The Morgan fingerprint density at radius 2 is 2.05 bits per heavy atom. The summed E-state index contributed by atoms with van der Waals surface area (Å²) in [5, 5.41) is 20.4. The van der Waals surface area contributed by atoms with Crippen LogP contribution in [0.15, 0.2) is 50.0 Å². The molecular formula is C24H23N8O6S4+. The molecular weight excluding hydrogens is 625 g/mol. The fourth-order valence-corrected chi connectivity index (χ4v) is 8.01. The van der Waals surface area contributed by atoms with Crippen LogP contribution in [-0.4, -0.2) is 77.5 Å². The number of amides is 3. The number of hydrogen-bond donors (Lipinski definition) is 3. The van der Waals surface area contributed by atoms with Crippen molar-refractivity contribution < 1.29 is 33.7 Å².